The van der Waals surface area contributed by atoms with Crippen molar-refractivity contribution in [3.8, 4) is 0 Å². The molecule has 1 aliphatic carbocycles. The molecule has 2 N–H and O–H groups in total. The predicted octanol–water partition coefficient (Wildman–Crippen LogP) is 4.69. The van der Waals surface area contributed by atoms with E-state index < -0.39 is 5.97 Å². The molecule has 1 aromatic carbocycles. The number of aryl methyl sites for hydroxylation is 1. The Morgan fingerprint density at radius 2 is 1.97 bits per heavy atom. The second-order valence-electron chi connectivity index (χ2n) is 7.47. The molecule has 0 aliphatic heterocycles. The van der Waals surface area contributed by atoms with Crippen molar-refractivity contribution in [1.29, 1.82) is 0 Å². The SMILES string of the molecule is CCN(CC)C(=O)c1sc(NC(=S)NC2CCCc3ccccc32)c(C(=O)OC)c1C. The number of anilines is 1. The molecule has 1 unspecified atom stereocenters. The average molecular weight is 460 g/mol. The zero-order valence-corrected chi connectivity index (χ0v) is 20.0. The van der Waals surface area contributed by atoms with Gasteiger partial charge in [0, 0.05) is 13.1 Å². The quantitative estimate of drug-likeness (QED) is 0.482. The Hall–Kier alpha value is -2.45. The molecular weight excluding hydrogens is 430 g/mol. The van der Waals surface area contributed by atoms with E-state index in [2.05, 4.69) is 28.8 Å². The number of rotatable bonds is 6. The highest BCUT2D eigenvalue weighted by Gasteiger charge is 2.28. The molecule has 8 heteroatoms. The number of thiophene rings is 1. The van der Waals surface area contributed by atoms with Crippen molar-refractivity contribution in [2.75, 3.05) is 25.5 Å². The smallest absolute Gasteiger partial charge is 0.341 e. The number of fused-ring (bicyclic) bond motifs is 1. The van der Waals surface area contributed by atoms with Gasteiger partial charge in [-0.3, -0.25) is 4.79 Å². The van der Waals surface area contributed by atoms with Crippen LogP contribution in [-0.4, -0.2) is 42.1 Å². The third-order valence-electron chi connectivity index (χ3n) is 5.68. The highest BCUT2D eigenvalue weighted by Crippen LogP contribution is 2.35. The van der Waals surface area contributed by atoms with Crippen molar-refractivity contribution in [2.24, 2.45) is 0 Å². The van der Waals surface area contributed by atoms with E-state index in [1.807, 2.05) is 19.9 Å². The maximum Gasteiger partial charge on any atom is 0.341 e. The number of hydrogen-bond acceptors (Lipinski definition) is 5. The van der Waals surface area contributed by atoms with Gasteiger partial charge in [0.2, 0.25) is 0 Å². The molecule has 1 aromatic heterocycles. The number of benzene rings is 1. The van der Waals surface area contributed by atoms with E-state index in [1.165, 1.54) is 29.6 Å². The second kappa shape index (κ2) is 10.2. The van der Waals surface area contributed by atoms with E-state index in [9.17, 15) is 9.59 Å². The Balaban J connectivity index is 1.85. The summed E-state index contributed by atoms with van der Waals surface area (Å²) in [6, 6.07) is 8.50. The highest BCUT2D eigenvalue weighted by atomic mass is 32.1. The molecule has 0 fully saturated rings. The monoisotopic (exact) mass is 459 g/mol. The molecule has 0 radical (unpaired) electrons. The molecule has 1 atom stereocenters. The van der Waals surface area contributed by atoms with Gasteiger partial charge in [0.05, 0.1) is 23.6 Å². The third kappa shape index (κ3) is 4.91. The van der Waals surface area contributed by atoms with Crippen molar-refractivity contribution in [3.63, 3.8) is 0 Å². The summed E-state index contributed by atoms with van der Waals surface area (Å²) in [6.07, 6.45) is 3.14. The van der Waals surface area contributed by atoms with Gasteiger partial charge < -0.3 is 20.3 Å². The highest BCUT2D eigenvalue weighted by molar-refractivity contribution is 7.80. The van der Waals surface area contributed by atoms with Gasteiger partial charge in [-0.15, -0.1) is 11.3 Å². The summed E-state index contributed by atoms with van der Waals surface area (Å²) in [5, 5.41) is 7.51. The molecule has 3 rings (SSSR count). The number of thiocarbonyl (C=S) groups is 1. The Labute approximate surface area is 193 Å². The van der Waals surface area contributed by atoms with Crippen LogP contribution in [0.15, 0.2) is 24.3 Å². The van der Waals surface area contributed by atoms with Gasteiger partial charge in [-0.05, 0) is 68.9 Å². The number of nitrogens with zero attached hydrogens (tertiary/aromatic N) is 1. The lowest BCUT2D eigenvalue weighted by Gasteiger charge is -2.27. The first-order valence-corrected chi connectivity index (χ1v) is 11.8. The van der Waals surface area contributed by atoms with Gasteiger partial charge in [0.15, 0.2) is 5.11 Å². The van der Waals surface area contributed by atoms with Crippen LogP contribution >= 0.6 is 23.6 Å². The maximum absolute atomic E-state index is 13.0. The van der Waals surface area contributed by atoms with Crippen molar-refractivity contribution in [1.82, 2.24) is 10.2 Å². The lowest BCUT2D eigenvalue weighted by atomic mass is 9.88. The molecule has 2 aromatic rings. The Morgan fingerprint density at radius 3 is 2.65 bits per heavy atom. The van der Waals surface area contributed by atoms with Crippen molar-refractivity contribution in [2.45, 2.75) is 46.1 Å². The van der Waals surface area contributed by atoms with Crippen LogP contribution in [0.25, 0.3) is 0 Å². The molecule has 0 saturated carbocycles. The van der Waals surface area contributed by atoms with E-state index >= 15 is 0 Å². The van der Waals surface area contributed by atoms with Gasteiger partial charge in [-0.2, -0.15) is 0 Å². The van der Waals surface area contributed by atoms with Gasteiger partial charge in [0.25, 0.3) is 5.91 Å². The largest absolute Gasteiger partial charge is 0.465 e. The first kappa shape index (κ1) is 23.2. The minimum Gasteiger partial charge on any atom is -0.465 e. The number of carbonyl (C=O) groups is 2. The van der Waals surface area contributed by atoms with Crippen molar-refractivity contribution in [3.05, 3.63) is 51.4 Å². The minimum atomic E-state index is -0.486. The van der Waals surface area contributed by atoms with Gasteiger partial charge in [-0.1, -0.05) is 24.3 Å². The van der Waals surface area contributed by atoms with Crippen LogP contribution in [0.4, 0.5) is 5.00 Å². The fourth-order valence-corrected chi connectivity index (χ4v) is 5.49. The second-order valence-corrected chi connectivity index (χ2v) is 8.90. The molecule has 166 valence electrons. The molecule has 0 bridgehead atoms. The topological polar surface area (TPSA) is 70.7 Å². The van der Waals surface area contributed by atoms with Crippen molar-refractivity contribution < 1.29 is 14.3 Å². The fraction of sp³-hybridized carbons (Fsp3) is 0.435. The van der Waals surface area contributed by atoms with Crippen molar-refractivity contribution >= 4 is 45.5 Å². The summed E-state index contributed by atoms with van der Waals surface area (Å²) >= 11 is 6.82. The average Bonchev–Trinajstić information content (AvgIpc) is 3.09. The number of methoxy groups -OCH3 is 1. The third-order valence-corrected chi connectivity index (χ3v) is 7.10. The molecule has 31 heavy (non-hydrogen) atoms. The zero-order valence-electron chi connectivity index (χ0n) is 18.4. The summed E-state index contributed by atoms with van der Waals surface area (Å²) < 4.78 is 4.98. The number of hydrogen-bond donors (Lipinski definition) is 2. The molecule has 1 heterocycles. The van der Waals surface area contributed by atoms with Crippen LogP contribution in [-0.2, 0) is 11.2 Å². The number of ether oxygens (including phenoxy) is 1. The van der Waals surface area contributed by atoms with Gasteiger partial charge in [0.1, 0.15) is 5.00 Å². The van der Waals surface area contributed by atoms with E-state index in [4.69, 9.17) is 17.0 Å². The first-order valence-electron chi connectivity index (χ1n) is 10.6. The summed E-state index contributed by atoms with van der Waals surface area (Å²) in [4.78, 5) is 27.7. The first-order chi connectivity index (χ1) is 14.9. The summed E-state index contributed by atoms with van der Waals surface area (Å²) in [5.41, 5.74) is 3.56. The Kier molecular flexibility index (Phi) is 7.67. The molecule has 6 nitrogen and oxygen atoms in total. The van der Waals surface area contributed by atoms with Gasteiger partial charge in [-0.25, -0.2) is 4.79 Å². The maximum atomic E-state index is 13.0. The van der Waals surface area contributed by atoms with Crippen LogP contribution in [0.5, 0.6) is 0 Å². The molecule has 0 saturated heterocycles. The number of nitrogens with one attached hydrogen (secondary N) is 2. The van der Waals surface area contributed by atoms with Crippen LogP contribution in [0.2, 0.25) is 0 Å². The number of esters is 1. The lowest BCUT2D eigenvalue weighted by Crippen LogP contribution is -2.34. The van der Waals surface area contributed by atoms with Crippen LogP contribution in [0.3, 0.4) is 0 Å². The number of carbonyl (C=O) groups excluding carboxylic acids is 2. The molecule has 0 spiro atoms. The molecule has 1 amide bonds. The normalized spacial score (nSPS) is 15.0. The Morgan fingerprint density at radius 1 is 1.26 bits per heavy atom. The lowest BCUT2D eigenvalue weighted by molar-refractivity contribution is 0.0601. The predicted molar refractivity (Wildman–Crippen MR) is 129 cm³/mol. The summed E-state index contributed by atoms with van der Waals surface area (Å²) in [6.45, 7) is 6.85. The Bertz CT molecular complexity index is 982. The standard InChI is InChI=1S/C23H29N3O3S2/c1-5-26(6-2)21(27)19-14(3)18(22(28)29-4)20(31-19)25-23(30)24-17-13-9-11-15-10-7-8-12-16(15)17/h7-8,10,12,17H,5-6,9,11,13H2,1-4H3,(H2,24,25,30). The van der Waals surface area contributed by atoms with E-state index in [0.29, 0.717) is 39.2 Å². The molecular formula is C23H29N3O3S2. The van der Waals surface area contributed by atoms with Gasteiger partial charge >= 0.3 is 5.97 Å². The summed E-state index contributed by atoms with van der Waals surface area (Å²) in [7, 11) is 1.34. The van der Waals surface area contributed by atoms with E-state index in [0.717, 1.165) is 19.3 Å². The van der Waals surface area contributed by atoms with Crippen LogP contribution in [0, 0.1) is 6.92 Å². The van der Waals surface area contributed by atoms with E-state index in [1.54, 1.807) is 11.8 Å². The van der Waals surface area contributed by atoms with Crippen LogP contribution < -0.4 is 10.6 Å². The minimum absolute atomic E-state index is 0.0919. The van der Waals surface area contributed by atoms with E-state index in [-0.39, 0.29) is 11.9 Å². The van der Waals surface area contributed by atoms with Crippen LogP contribution in [0.1, 0.15) is 69.5 Å². The summed E-state index contributed by atoms with van der Waals surface area (Å²) in [5.74, 6) is -0.577. The molecule has 1 aliphatic rings. The fourth-order valence-electron chi connectivity index (χ4n) is 4.01. The number of amides is 1. The zero-order chi connectivity index (χ0) is 22.5.